The van der Waals surface area contributed by atoms with E-state index in [9.17, 15) is 0 Å². The molecule has 5 N–H and O–H groups in total. The molecule has 0 saturated carbocycles. The highest BCUT2D eigenvalue weighted by Crippen LogP contribution is 2.39. The maximum Gasteiger partial charge on any atom is 0.131 e. The minimum Gasteiger partial charge on any atom is -0.390 e. The van der Waals surface area contributed by atoms with Crippen LogP contribution in [-0.2, 0) is 25.7 Å². The SMILES string of the molecule is Cc1nc(C(C)C)ccc1S/C(N)=C(\N)Nc1c2c(cc3c1CCC3)CCC2. The molecule has 5 heteroatoms. The van der Waals surface area contributed by atoms with E-state index < -0.39 is 0 Å². The van der Waals surface area contributed by atoms with Crippen LogP contribution in [0.25, 0.3) is 0 Å². The van der Waals surface area contributed by atoms with Gasteiger partial charge in [-0.3, -0.25) is 4.98 Å². The zero-order chi connectivity index (χ0) is 19.8. The monoisotopic (exact) mass is 394 g/mol. The van der Waals surface area contributed by atoms with Crippen LogP contribution in [0.4, 0.5) is 5.69 Å². The van der Waals surface area contributed by atoms with Crippen molar-refractivity contribution < 1.29 is 0 Å². The van der Waals surface area contributed by atoms with Crippen molar-refractivity contribution in [3.8, 4) is 0 Å². The third kappa shape index (κ3) is 3.60. The summed E-state index contributed by atoms with van der Waals surface area (Å²) in [5.74, 6) is 0.964. The molecule has 4 nitrogen and oxygen atoms in total. The van der Waals surface area contributed by atoms with E-state index in [1.54, 1.807) is 0 Å². The van der Waals surface area contributed by atoms with Gasteiger partial charge in [-0.05, 0) is 85.8 Å². The van der Waals surface area contributed by atoms with Gasteiger partial charge in [-0.2, -0.15) is 0 Å². The molecule has 1 aromatic carbocycles. The van der Waals surface area contributed by atoms with Crippen LogP contribution in [0, 0.1) is 6.92 Å². The molecule has 0 aliphatic heterocycles. The first-order valence-corrected chi connectivity index (χ1v) is 11.1. The van der Waals surface area contributed by atoms with Crippen molar-refractivity contribution in [1.82, 2.24) is 4.98 Å². The number of nitrogens with zero attached hydrogens (tertiary/aromatic N) is 1. The Kier molecular flexibility index (Phi) is 5.28. The molecule has 0 fully saturated rings. The van der Waals surface area contributed by atoms with Gasteiger partial charge >= 0.3 is 0 Å². The molecule has 4 rings (SSSR count). The molecule has 0 spiro atoms. The average molecular weight is 395 g/mol. The molecule has 148 valence electrons. The standard InChI is InChI=1S/C23H30N4S/c1-13(2)19-10-11-20(14(3)26-19)28-23(25)22(24)27-21-17-8-4-6-15(17)12-16-7-5-9-18(16)21/h10-13,27H,4-9,24-25H2,1-3H3/b23-22+. The third-order valence-electron chi connectivity index (χ3n) is 5.87. The Labute approximate surface area is 172 Å². The van der Waals surface area contributed by atoms with Gasteiger partial charge in [0.2, 0.25) is 0 Å². The van der Waals surface area contributed by atoms with Crippen molar-refractivity contribution in [2.75, 3.05) is 5.32 Å². The highest BCUT2D eigenvalue weighted by atomic mass is 32.2. The van der Waals surface area contributed by atoms with E-state index in [1.165, 1.54) is 65.4 Å². The molecule has 0 amide bonds. The van der Waals surface area contributed by atoms with E-state index in [4.69, 9.17) is 16.5 Å². The summed E-state index contributed by atoms with van der Waals surface area (Å²) in [6.07, 6.45) is 7.08. The van der Waals surface area contributed by atoms with Crippen molar-refractivity contribution in [3.05, 3.63) is 62.7 Å². The Morgan fingerprint density at radius 1 is 1.04 bits per heavy atom. The molecule has 1 aromatic heterocycles. The van der Waals surface area contributed by atoms with Gasteiger partial charge in [0.1, 0.15) is 10.9 Å². The second kappa shape index (κ2) is 7.70. The predicted octanol–water partition coefficient (Wildman–Crippen LogP) is 4.74. The minimum atomic E-state index is 0.416. The van der Waals surface area contributed by atoms with Gasteiger partial charge < -0.3 is 16.8 Å². The molecule has 28 heavy (non-hydrogen) atoms. The van der Waals surface area contributed by atoms with Crippen LogP contribution in [0.15, 0.2) is 33.9 Å². The van der Waals surface area contributed by atoms with E-state index in [0.29, 0.717) is 16.8 Å². The lowest BCUT2D eigenvalue weighted by atomic mass is 9.99. The van der Waals surface area contributed by atoms with Crippen LogP contribution >= 0.6 is 11.8 Å². The molecule has 1 heterocycles. The number of anilines is 1. The van der Waals surface area contributed by atoms with E-state index >= 15 is 0 Å². The lowest BCUT2D eigenvalue weighted by molar-refractivity contribution is 0.808. The number of thioether (sulfide) groups is 1. The lowest BCUT2D eigenvalue weighted by Gasteiger charge is -2.18. The summed E-state index contributed by atoms with van der Waals surface area (Å²) in [6, 6.07) is 6.60. The Morgan fingerprint density at radius 3 is 2.25 bits per heavy atom. The fraction of sp³-hybridized carbons (Fsp3) is 0.435. The second-order valence-corrected chi connectivity index (χ2v) is 9.30. The highest BCUT2D eigenvalue weighted by Gasteiger charge is 2.24. The van der Waals surface area contributed by atoms with Gasteiger partial charge in [0.15, 0.2) is 0 Å². The number of fused-ring (bicyclic) bond motifs is 2. The summed E-state index contributed by atoms with van der Waals surface area (Å²) in [5, 5.41) is 4.10. The maximum absolute atomic E-state index is 6.42. The Hall–Kier alpha value is -2.14. The third-order valence-corrected chi connectivity index (χ3v) is 6.96. The topological polar surface area (TPSA) is 77.0 Å². The molecule has 2 aliphatic rings. The summed E-state index contributed by atoms with van der Waals surface area (Å²) in [4.78, 5) is 5.75. The number of aromatic nitrogens is 1. The number of hydrogen-bond donors (Lipinski definition) is 3. The van der Waals surface area contributed by atoms with E-state index in [2.05, 4.69) is 37.4 Å². The highest BCUT2D eigenvalue weighted by molar-refractivity contribution is 8.03. The zero-order valence-electron chi connectivity index (χ0n) is 17.1. The summed E-state index contributed by atoms with van der Waals surface area (Å²) in [7, 11) is 0. The molecular formula is C23H30N4S. The first-order valence-electron chi connectivity index (χ1n) is 10.3. The summed E-state index contributed by atoms with van der Waals surface area (Å²) in [6.45, 7) is 6.34. The van der Waals surface area contributed by atoms with Gasteiger partial charge in [0, 0.05) is 16.3 Å². The van der Waals surface area contributed by atoms with Gasteiger partial charge in [-0.1, -0.05) is 31.7 Å². The normalized spacial score (nSPS) is 16.1. The maximum atomic E-state index is 6.42. The molecule has 0 bridgehead atoms. The van der Waals surface area contributed by atoms with Gasteiger partial charge in [-0.15, -0.1) is 0 Å². The number of rotatable bonds is 5. The van der Waals surface area contributed by atoms with Crippen molar-refractivity contribution in [2.24, 2.45) is 11.5 Å². The Morgan fingerprint density at radius 2 is 1.68 bits per heavy atom. The van der Waals surface area contributed by atoms with Crippen molar-refractivity contribution >= 4 is 17.4 Å². The quantitative estimate of drug-likeness (QED) is 0.639. The van der Waals surface area contributed by atoms with Crippen LogP contribution in [-0.4, -0.2) is 4.98 Å². The van der Waals surface area contributed by atoms with Crippen LogP contribution in [0.2, 0.25) is 0 Å². The number of nitrogens with one attached hydrogen (secondary N) is 1. The number of aryl methyl sites for hydroxylation is 3. The fourth-order valence-corrected chi connectivity index (χ4v) is 5.06. The van der Waals surface area contributed by atoms with Gasteiger partial charge in [0.25, 0.3) is 0 Å². The largest absolute Gasteiger partial charge is 0.390 e. The lowest BCUT2D eigenvalue weighted by Crippen LogP contribution is -2.17. The van der Waals surface area contributed by atoms with Crippen molar-refractivity contribution in [2.45, 2.75) is 70.1 Å². The molecule has 0 saturated heterocycles. The van der Waals surface area contributed by atoms with Crippen LogP contribution in [0.3, 0.4) is 0 Å². The fourth-order valence-electron chi connectivity index (χ4n) is 4.33. The van der Waals surface area contributed by atoms with E-state index in [-0.39, 0.29) is 0 Å². The van der Waals surface area contributed by atoms with Crippen LogP contribution in [0.1, 0.15) is 66.2 Å². The first kappa shape index (κ1) is 19.2. The zero-order valence-corrected chi connectivity index (χ0v) is 17.9. The molecule has 0 atom stereocenters. The van der Waals surface area contributed by atoms with E-state index in [0.717, 1.165) is 29.1 Å². The molecule has 2 aliphatic carbocycles. The first-order chi connectivity index (χ1) is 13.4. The summed E-state index contributed by atoms with van der Waals surface area (Å²) < 4.78 is 0. The number of hydrogen-bond acceptors (Lipinski definition) is 5. The second-order valence-electron chi connectivity index (χ2n) is 8.21. The van der Waals surface area contributed by atoms with Crippen LogP contribution in [0.5, 0.6) is 0 Å². The van der Waals surface area contributed by atoms with Crippen LogP contribution < -0.4 is 16.8 Å². The van der Waals surface area contributed by atoms with Gasteiger partial charge in [-0.25, -0.2) is 0 Å². The molecule has 0 unspecified atom stereocenters. The Balaban J connectivity index is 1.60. The summed E-state index contributed by atoms with van der Waals surface area (Å²) in [5.41, 5.74) is 22.0. The Bertz CT molecular complexity index is 914. The number of pyridine rings is 1. The molecular weight excluding hydrogens is 364 g/mol. The predicted molar refractivity (Wildman–Crippen MR) is 118 cm³/mol. The smallest absolute Gasteiger partial charge is 0.131 e. The van der Waals surface area contributed by atoms with Crippen molar-refractivity contribution in [3.63, 3.8) is 0 Å². The van der Waals surface area contributed by atoms with Gasteiger partial charge in [0.05, 0.1) is 5.69 Å². The minimum absolute atomic E-state index is 0.416. The number of benzene rings is 1. The average Bonchev–Trinajstić information content (AvgIpc) is 3.31. The summed E-state index contributed by atoms with van der Waals surface area (Å²) >= 11 is 1.49. The van der Waals surface area contributed by atoms with E-state index in [1.807, 2.05) is 6.92 Å². The van der Waals surface area contributed by atoms with Crippen molar-refractivity contribution in [1.29, 1.82) is 0 Å². The number of nitrogens with two attached hydrogens (primary N) is 2. The molecule has 2 aromatic rings. The molecule has 0 radical (unpaired) electrons.